The van der Waals surface area contributed by atoms with E-state index in [1.807, 2.05) is 74.5 Å². The number of aromatic nitrogens is 1. The van der Waals surface area contributed by atoms with E-state index in [0.29, 0.717) is 0 Å². The second-order valence-corrected chi connectivity index (χ2v) is 6.05. The zero-order chi connectivity index (χ0) is 17.8. The molecule has 1 aromatic heterocycles. The zero-order valence-corrected chi connectivity index (χ0v) is 14.8. The Morgan fingerprint density at radius 1 is 0.920 bits per heavy atom. The van der Waals surface area contributed by atoms with Crippen molar-refractivity contribution in [2.45, 2.75) is 27.3 Å². The van der Waals surface area contributed by atoms with Gasteiger partial charge in [-0.3, -0.25) is 4.79 Å². The molecule has 0 unspecified atom stereocenters. The smallest absolute Gasteiger partial charge is 0.257 e. The Labute approximate surface area is 148 Å². The van der Waals surface area contributed by atoms with E-state index in [-0.39, 0.29) is 5.91 Å². The topological polar surface area (TPSA) is 46.1 Å². The van der Waals surface area contributed by atoms with E-state index in [9.17, 15) is 4.79 Å². The largest absolute Gasteiger partial charge is 0.356 e. The third-order valence-corrected chi connectivity index (χ3v) is 4.34. The molecule has 0 aliphatic carbocycles. The summed E-state index contributed by atoms with van der Waals surface area (Å²) in [5.74, 6) is -0.0726. The van der Waals surface area contributed by atoms with E-state index in [1.54, 1.807) is 0 Å². The molecule has 0 radical (unpaired) electrons. The molecule has 3 rings (SSSR count). The van der Waals surface area contributed by atoms with Gasteiger partial charge < -0.3 is 15.2 Å². The van der Waals surface area contributed by atoms with Gasteiger partial charge in [0.05, 0.1) is 5.56 Å². The molecule has 0 spiro atoms. The Kier molecular flexibility index (Phi) is 4.89. The molecule has 2 aromatic carbocycles. The van der Waals surface area contributed by atoms with Crippen LogP contribution in [0.1, 0.15) is 28.7 Å². The van der Waals surface area contributed by atoms with Crippen LogP contribution in [0.3, 0.4) is 0 Å². The lowest BCUT2D eigenvalue weighted by molar-refractivity contribution is 0.102. The maximum Gasteiger partial charge on any atom is 0.257 e. The summed E-state index contributed by atoms with van der Waals surface area (Å²) in [4.78, 5) is 12.6. The Morgan fingerprint density at radius 2 is 1.52 bits per heavy atom. The van der Waals surface area contributed by atoms with Crippen LogP contribution in [0.4, 0.5) is 17.1 Å². The van der Waals surface area contributed by atoms with Crippen LogP contribution in [0.25, 0.3) is 0 Å². The summed E-state index contributed by atoms with van der Waals surface area (Å²) in [5.41, 5.74) is 5.63. The highest BCUT2D eigenvalue weighted by atomic mass is 16.1. The maximum atomic E-state index is 12.6. The van der Waals surface area contributed by atoms with Gasteiger partial charge in [0.25, 0.3) is 5.91 Å². The molecule has 25 heavy (non-hydrogen) atoms. The number of nitrogens with one attached hydrogen (secondary N) is 2. The van der Waals surface area contributed by atoms with Crippen molar-refractivity contribution in [2.24, 2.45) is 0 Å². The first-order chi connectivity index (χ1) is 12.1. The second-order valence-electron chi connectivity index (χ2n) is 6.05. The minimum Gasteiger partial charge on any atom is -0.356 e. The van der Waals surface area contributed by atoms with Crippen molar-refractivity contribution in [1.29, 1.82) is 0 Å². The average Bonchev–Trinajstić information content (AvgIpc) is 2.91. The van der Waals surface area contributed by atoms with Crippen molar-refractivity contribution >= 4 is 23.0 Å². The maximum absolute atomic E-state index is 12.6. The number of rotatable bonds is 5. The average molecular weight is 333 g/mol. The molecule has 3 aromatic rings. The first-order valence-electron chi connectivity index (χ1n) is 8.48. The van der Waals surface area contributed by atoms with Crippen LogP contribution in [0, 0.1) is 13.8 Å². The van der Waals surface area contributed by atoms with Gasteiger partial charge in [-0.25, -0.2) is 0 Å². The fraction of sp³-hybridized carbons (Fsp3) is 0.190. The van der Waals surface area contributed by atoms with Gasteiger partial charge in [-0.05, 0) is 63.2 Å². The molecule has 0 atom stereocenters. The molecule has 1 amide bonds. The van der Waals surface area contributed by atoms with Gasteiger partial charge in [0.15, 0.2) is 0 Å². The minimum atomic E-state index is -0.0726. The Bertz CT molecular complexity index is 864. The van der Waals surface area contributed by atoms with Crippen molar-refractivity contribution in [3.63, 3.8) is 0 Å². The number of carbonyl (C=O) groups excluding carboxylic acids is 1. The van der Waals surface area contributed by atoms with Gasteiger partial charge in [0.1, 0.15) is 0 Å². The minimum absolute atomic E-state index is 0.0726. The van der Waals surface area contributed by atoms with Crippen molar-refractivity contribution in [1.82, 2.24) is 4.57 Å². The lowest BCUT2D eigenvalue weighted by Gasteiger charge is -2.09. The number of benzene rings is 2. The normalized spacial score (nSPS) is 10.5. The van der Waals surface area contributed by atoms with E-state index < -0.39 is 0 Å². The van der Waals surface area contributed by atoms with Crippen molar-refractivity contribution in [3.8, 4) is 0 Å². The number of aryl methyl sites for hydroxylation is 1. The van der Waals surface area contributed by atoms with Crippen molar-refractivity contribution in [3.05, 3.63) is 77.6 Å². The predicted octanol–water partition coefficient (Wildman–Crippen LogP) is 5.12. The number of amides is 1. The van der Waals surface area contributed by atoms with Crippen LogP contribution in [-0.2, 0) is 6.54 Å². The highest BCUT2D eigenvalue weighted by Crippen LogP contribution is 2.20. The first kappa shape index (κ1) is 16.8. The molecule has 4 nitrogen and oxygen atoms in total. The van der Waals surface area contributed by atoms with Crippen LogP contribution in [-0.4, -0.2) is 10.5 Å². The van der Waals surface area contributed by atoms with E-state index in [2.05, 4.69) is 22.1 Å². The second kappa shape index (κ2) is 7.26. The highest BCUT2D eigenvalue weighted by molar-refractivity contribution is 6.05. The van der Waals surface area contributed by atoms with E-state index in [1.165, 1.54) is 0 Å². The predicted molar refractivity (Wildman–Crippen MR) is 104 cm³/mol. The summed E-state index contributed by atoms with van der Waals surface area (Å²) in [7, 11) is 0. The molecule has 0 saturated heterocycles. The molecule has 2 N–H and O–H groups in total. The summed E-state index contributed by atoms with van der Waals surface area (Å²) in [5, 5.41) is 6.30. The third-order valence-electron chi connectivity index (χ3n) is 4.34. The monoisotopic (exact) mass is 333 g/mol. The zero-order valence-electron chi connectivity index (χ0n) is 14.8. The summed E-state index contributed by atoms with van der Waals surface area (Å²) in [6, 6.07) is 19.7. The first-order valence-corrected chi connectivity index (χ1v) is 8.48. The molecule has 0 aliphatic heterocycles. The molecule has 4 heteroatoms. The molecule has 0 saturated carbocycles. The van der Waals surface area contributed by atoms with Crippen molar-refractivity contribution < 1.29 is 4.79 Å². The molecule has 1 heterocycles. The Balaban J connectivity index is 1.70. The lowest BCUT2D eigenvalue weighted by atomic mass is 10.2. The molecular weight excluding hydrogens is 310 g/mol. The number of hydrogen-bond acceptors (Lipinski definition) is 2. The van der Waals surface area contributed by atoms with E-state index in [4.69, 9.17) is 0 Å². The number of nitrogens with zero attached hydrogens (tertiary/aromatic N) is 1. The fourth-order valence-corrected chi connectivity index (χ4v) is 3.04. The Hall–Kier alpha value is -3.01. The van der Waals surface area contributed by atoms with Crippen LogP contribution < -0.4 is 10.6 Å². The highest BCUT2D eigenvalue weighted by Gasteiger charge is 2.15. The van der Waals surface area contributed by atoms with Gasteiger partial charge in [0, 0.05) is 35.0 Å². The van der Waals surface area contributed by atoms with Gasteiger partial charge in [-0.1, -0.05) is 18.2 Å². The van der Waals surface area contributed by atoms with Crippen LogP contribution in [0.15, 0.2) is 60.7 Å². The number of hydrogen-bond donors (Lipinski definition) is 2. The van der Waals surface area contributed by atoms with Crippen LogP contribution in [0.2, 0.25) is 0 Å². The third kappa shape index (κ3) is 3.74. The summed E-state index contributed by atoms with van der Waals surface area (Å²) >= 11 is 0. The van der Waals surface area contributed by atoms with Crippen molar-refractivity contribution in [2.75, 3.05) is 10.6 Å². The number of carbonyl (C=O) groups is 1. The Morgan fingerprint density at radius 3 is 2.12 bits per heavy atom. The molecule has 0 fully saturated rings. The quantitative estimate of drug-likeness (QED) is 0.680. The van der Waals surface area contributed by atoms with Gasteiger partial charge in [-0.2, -0.15) is 0 Å². The fourth-order valence-electron chi connectivity index (χ4n) is 3.04. The van der Waals surface area contributed by atoms with Crippen LogP contribution >= 0.6 is 0 Å². The number of para-hydroxylation sites is 1. The number of anilines is 3. The summed E-state index contributed by atoms with van der Waals surface area (Å²) < 4.78 is 2.14. The lowest BCUT2D eigenvalue weighted by Crippen LogP contribution is -2.13. The molecular formula is C21H23N3O. The van der Waals surface area contributed by atoms with Gasteiger partial charge in [0.2, 0.25) is 0 Å². The van der Waals surface area contributed by atoms with Gasteiger partial charge >= 0.3 is 0 Å². The van der Waals surface area contributed by atoms with E-state index >= 15 is 0 Å². The summed E-state index contributed by atoms with van der Waals surface area (Å²) in [6.45, 7) is 6.96. The van der Waals surface area contributed by atoms with E-state index in [0.717, 1.165) is 40.6 Å². The standard InChI is InChI=1S/C21H23N3O/c1-4-24-15(2)14-20(16(24)3)21(25)23-19-12-10-18(11-13-19)22-17-8-6-5-7-9-17/h5-14,22H,4H2,1-3H3,(H,23,25). The summed E-state index contributed by atoms with van der Waals surface area (Å²) in [6.07, 6.45) is 0. The molecule has 128 valence electrons. The molecule has 0 bridgehead atoms. The van der Waals surface area contributed by atoms with Gasteiger partial charge in [-0.15, -0.1) is 0 Å². The SMILES string of the molecule is CCn1c(C)cc(C(=O)Nc2ccc(Nc3ccccc3)cc2)c1C. The van der Waals surface area contributed by atoms with Crippen LogP contribution in [0.5, 0.6) is 0 Å². The molecule has 0 aliphatic rings.